The van der Waals surface area contributed by atoms with Crippen molar-refractivity contribution in [3.63, 3.8) is 0 Å². The van der Waals surface area contributed by atoms with Crippen LogP contribution in [-0.4, -0.2) is 11.2 Å². The fourth-order valence-electron chi connectivity index (χ4n) is 2.01. The smallest absolute Gasteiger partial charge is 0.120 e. The topological polar surface area (TPSA) is 29.5 Å². The first-order valence-electron chi connectivity index (χ1n) is 6.53. The molecule has 2 aromatic carbocycles. The molecule has 0 aromatic heterocycles. The average molecular weight is 401 g/mol. The van der Waals surface area contributed by atoms with E-state index in [0.29, 0.717) is 11.1 Å². The molecule has 2 aromatic rings. The first-order valence-corrected chi connectivity index (χ1v) is 7.99. The molecule has 3 rings (SSSR count). The van der Waals surface area contributed by atoms with Crippen LogP contribution >= 0.6 is 34.2 Å². The zero-order valence-corrected chi connectivity index (χ0v) is 13.6. The van der Waals surface area contributed by atoms with Crippen molar-refractivity contribution in [2.45, 2.75) is 25.0 Å². The molecule has 0 radical (unpaired) electrons. The first kappa shape index (κ1) is 14.2. The van der Waals surface area contributed by atoms with E-state index in [9.17, 15) is 5.11 Å². The van der Waals surface area contributed by atoms with Crippen LogP contribution in [-0.2, 0) is 0 Å². The number of hydrogen-bond donors (Lipinski definition) is 1. The Bertz CT molecular complexity index is 626. The second-order valence-corrected chi connectivity index (χ2v) is 6.54. The van der Waals surface area contributed by atoms with Gasteiger partial charge < -0.3 is 9.84 Å². The molecule has 1 N–H and O–H groups in total. The van der Waals surface area contributed by atoms with Crippen molar-refractivity contribution in [1.82, 2.24) is 0 Å². The molecular formula is C16H14ClIO2. The van der Waals surface area contributed by atoms with Crippen molar-refractivity contribution < 1.29 is 9.84 Å². The van der Waals surface area contributed by atoms with E-state index in [1.807, 2.05) is 42.5 Å². The van der Waals surface area contributed by atoms with Gasteiger partial charge in [-0.05, 0) is 70.8 Å². The highest BCUT2D eigenvalue weighted by atomic mass is 127. The molecule has 1 aliphatic carbocycles. The number of benzene rings is 2. The van der Waals surface area contributed by atoms with Crippen LogP contribution in [0.3, 0.4) is 0 Å². The van der Waals surface area contributed by atoms with E-state index >= 15 is 0 Å². The lowest BCUT2D eigenvalue weighted by atomic mass is 10.0. The molecule has 2 nitrogen and oxygen atoms in total. The van der Waals surface area contributed by atoms with Crippen LogP contribution in [0.4, 0.5) is 0 Å². The van der Waals surface area contributed by atoms with Gasteiger partial charge in [-0.3, -0.25) is 0 Å². The Kier molecular flexibility index (Phi) is 4.19. The van der Waals surface area contributed by atoms with Gasteiger partial charge in [-0.2, -0.15) is 0 Å². The van der Waals surface area contributed by atoms with Crippen molar-refractivity contribution in [3.8, 4) is 5.75 Å². The quantitative estimate of drug-likeness (QED) is 0.762. The standard InChI is InChI=1S/C16H14ClIO2/c17-14-9-11(4-7-15(14)18)16(19)10-2-1-3-13(8-10)20-12-5-6-12/h1-4,7-9,12,16,19H,5-6H2. The largest absolute Gasteiger partial charge is 0.490 e. The molecule has 1 unspecified atom stereocenters. The molecule has 1 atom stereocenters. The van der Waals surface area contributed by atoms with Gasteiger partial charge in [0.15, 0.2) is 0 Å². The van der Waals surface area contributed by atoms with Crippen molar-refractivity contribution in [2.75, 3.05) is 0 Å². The number of aliphatic hydroxyl groups excluding tert-OH is 1. The molecule has 20 heavy (non-hydrogen) atoms. The lowest BCUT2D eigenvalue weighted by Crippen LogP contribution is -2.02. The van der Waals surface area contributed by atoms with E-state index in [0.717, 1.165) is 33.3 Å². The molecule has 0 heterocycles. The lowest BCUT2D eigenvalue weighted by Gasteiger charge is -2.14. The van der Waals surface area contributed by atoms with Crippen molar-refractivity contribution in [2.24, 2.45) is 0 Å². The Morgan fingerprint density at radius 3 is 2.60 bits per heavy atom. The highest BCUT2D eigenvalue weighted by Crippen LogP contribution is 2.31. The Morgan fingerprint density at radius 1 is 1.15 bits per heavy atom. The molecular weight excluding hydrogens is 387 g/mol. The second-order valence-electron chi connectivity index (χ2n) is 4.97. The Labute approximate surface area is 136 Å². The summed E-state index contributed by atoms with van der Waals surface area (Å²) in [6.07, 6.45) is 1.92. The summed E-state index contributed by atoms with van der Waals surface area (Å²) < 4.78 is 6.73. The zero-order valence-electron chi connectivity index (χ0n) is 10.7. The van der Waals surface area contributed by atoms with Gasteiger partial charge in [0.25, 0.3) is 0 Å². The molecule has 0 spiro atoms. The molecule has 0 amide bonds. The summed E-state index contributed by atoms with van der Waals surface area (Å²) >= 11 is 8.28. The average Bonchev–Trinajstić information content (AvgIpc) is 3.25. The van der Waals surface area contributed by atoms with Crippen LogP contribution in [0.5, 0.6) is 5.75 Å². The fraction of sp³-hybridized carbons (Fsp3) is 0.250. The van der Waals surface area contributed by atoms with Gasteiger partial charge >= 0.3 is 0 Å². The normalized spacial score (nSPS) is 15.9. The molecule has 104 valence electrons. The number of hydrogen-bond acceptors (Lipinski definition) is 2. The predicted molar refractivity (Wildman–Crippen MR) is 88.3 cm³/mol. The van der Waals surface area contributed by atoms with Gasteiger partial charge in [-0.25, -0.2) is 0 Å². The van der Waals surface area contributed by atoms with Crippen molar-refractivity contribution in [1.29, 1.82) is 0 Å². The molecule has 0 aliphatic heterocycles. The van der Waals surface area contributed by atoms with E-state index < -0.39 is 6.10 Å². The Morgan fingerprint density at radius 2 is 1.90 bits per heavy atom. The zero-order chi connectivity index (χ0) is 14.1. The van der Waals surface area contributed by atoms with Crippen molar-refractivity contribution >= 4 is 34.2 Å². The maximum Gasteiger partial charge on any atom is 0.120 e. The minimum Gasteiger partial charge on any atom is -0.490 e. The predicted octanol–water partition coefficient (Wildman–Crippen LogP) is 4.57. The second kappa shape index (κ2) is 5.92. The molecule has 1 saturated carbocycles. The summed E-state index contributed by atoms with van der Waals surface area (Å²) in [5.74, 6) is 0.820. The van der Waals surface area contributed by atoms with Crippen LogP contribution in [0.15, 0.2) is 42.5 Å². The van der Waals surface area contributed by atoms with Crippen LogP contribution in [0.1, 0.15) is 30.1 Å². The summed E-state index contributed by atoms with van der Waals surface area (Å²) in [6, 6.07) is 13.2. The minimum atomic E-state index is -0.688. The number of ether oxygens (including phenoxy) is 1. The van der Waals surface area contributed by atoms with E-state index in [1.54, 1.807) is 0 Å². The maximum atomic E-state index is 10.5. The monoisotopic (exact) mass is 400 g/mol. The molecule has 1 aliphatic rings. The first-order chi connectivity index (χ1) is 9.63. The van der Waals surface area contributed by atoms with E-state index in [1.165, 1.54) is 0 Å². The maximum absolute atomic E-state index is 10.5. The highest BCUT2D eigenvalue weighted by Gasteiger charge is 2.23. The van der Waals surface area contributed by atoms with Gasteiger partial charge in [-0.1, -0.05) is 29.8 Å². The number of aliphatic hydroxyl groups is 1. The highest BCUT2D eigenvalue weighted by molar-refractivity contribution is 14.1. The molecule has 4 heteroatoms. The summed E-state index contributed by atoms with van der Waals surface area (Å²) in [6.45, 7) is 0. The van der Waals surface area contributed by atoms with Gasteiger partial charge in [0.2, 0.25) is 0 Å². The van der Waals surface area contributed by atoms with Crippen molar-refractivity contribution in [3.05, 3.63) is 62.2 Å². The fourth-order valence-corrected chi connectivity index (χ4v) is 2.54. The summed E-state index contributed by atoms with van der Waals surface area (Å²) in [7, 11) is 0. The number of rotatable bonds is 4. The minimum absolute atomic E-state index is 0.357. The van der Waals surface area contributed by atoms with Gasteiger partial charge in [0.05, 0.1) is 11.1 Å². The van der Waals surface area contributed by atoms with E-state index in [4.69, 9.17) is 16.3 Å². The van der Waals surface area contributed by atoms with E-state index in [-0.39, 0.29) is 0 Å². The third-order valence-electron chi connectivity index (χ3n) is 3.26. The van der Waals surface area contributed by atoms with Gasteiger partial charge in [0, 0.05) is 3.57 Å². The van der Waals surface area contributed by atoms with Crippen LogP contribution < -0.4 is 4.74 Å². The van der Waals surface area contributed by atoms with Crippen LogP contribution in [0.25, 0.3) is 0 Å². The summed E-state index contributed by atoms with van der Waals surface area (Å²) in [5.41, 5.74) is 1.61. The molecule has 1 fully saturated rings. The molecule has 0 saturated heterocycles. The van der Waals surface area contributed by atoms with Gasteiger partial charge in [-0.15, -0.1) is 0 Å². The SMILES string of the molecule is OC(c1cccc(OC2CC2)c1)c1ccc(I)c(Cl)c1. The lowest BCUT2D eigenvalue weighted by molar-refractivity contribution is 0.219. The third-order valence-corrected chi connectivity index (χ3v) is 4.83. The van der Waals surface area contributed by atoms with E-state index in [2.05, 4.69) is 22.6 Å². The number of halogens is 2. The third kappa shape index (κ3) is 3.27. The summed E-state index contributed by atoms with van der Waals surface area (Å²) in [4.78, 5) is 0. The van der Waals surface area contributed by atoms with Crippen LogP contribution in [0.2, 0.25) is 5.02 Å². The summed E-state index contributed by atoms with van der Waals surface area (Å²) in [5, 5.41) is 11.1. The molecule has 0 bridgehead atoms. The van der Waals surface area contributed by atoms with Gasteiger partial charge in [0.1, 0.15) is 11.9 Å². The van der Waals surface area contributed by atoms with Crippen LogP contribution in [0, 0.1) is 3.57 Å². The Hall–Kier alpha value is -0.780. The Balaban J connectivity index is 1.84.